The standard InChI is InChI=1S/C13H20N2O/c16-13(11-3-1-2-4-11)15-9-10-5-6-12(15)8-14-7-10/h1-2,10-12,14H,3-9H2. The van der Waals surface area contributed by atoms with Crippen molar-refractivity contribution in [1.82, 2.24) is 10.2 Å². The highest BCUT2D eigenvalue weighted by atomic mass is 16.2. The SMILES string of the molecule is O=C(C1CC=CC1)N1CC2CCC1CNC2. The Morgan fingerprint density at radius 1 is 1.19 bits per heavy atom. The van der Waals surface area contributed by atoms with Gasteiger partial charge in [0.25, 0.3) is 0 Å². The molecule has 0 saturated carbocycles. The van der Waals surface area contributed by atoms with Gasteiger partial charge in [0.05, 0.1) is 0 Å². The van der Waals surface area contributed by atoms with Gasteiger partial charge in [-0.15, -0.1) is 0 Å². The molecular weight excluding hydrogens is 200 g/mol. The van der Waals surface area contributed by atoms with Crippen LogP contribution in [-0.4, -0.2) is 36.5 Å². The molecule has 1 N–H and O–H groups in total. The number of nitrogens with one attached hydrogen (secondary N) is 1. The number of hydrogen-bond donors (Lipinski definition) is 1. The van der Waals surface area contributed by atoms with Crippen molar-refractivity contribution in [1.29, 1.82) is 0 Å². The van der Waals surface area contributed by atoms with Gasteiger partial charge in [0.2, 0.25) is 5.91 Å². The summed E-state index contributed by atoms with van der Waals surface area (Å²) in [6, 6.07) is 0.465. The molecule has 3 nitrogen and oxygen atoms in total. The first-order chi connectivity index (χ1) is 7.84. The Kier molecular flexibility index (Phi) is 2.72. The molecule has 3 heterocycles. The fourth-order valence-corrected chi connectivity index (χ4v) is 3.26. The van der Waals surface area contributed by atoms with E-state index in [1.165, 1.54) is 12.8 Å². The van der Waals surface area contributed by atoms with Gasteiger partial charge in [-0.05, 0) is 38.1 Å². The zero-order chi connectivity index (χ0) is 11.0. The van der Waals surface area contributed by atoms with E-state index in [2.05, 4.69) is 22.4 Å². The predicted molar refractivity (Wildman–Crippen MR) is 63.0 cm³/mol. The van der Waals surface area contributed by atoms with Crippen LogP contribution in [0.1, 0.15) is 25.7 Å². The minimum Gasteiger partial charge on any atom is -0.338 e. The Morgan fingerprint density at radius 2 is 2.00 bits per heavy atom. The third kappa shape index (κ3) is 1.77. The van der Waals surface area contributed by atoms with E-state index in [9.17, 15) is 4.79 Å². The normalized spacial score (nSPS) is 34.4. The van der Waals surface area contributed by atoms with Gasteiger partial charge >= 0.3 is 0 Å². The maximum Gasteiger partial charge on any atom is 0.226 e. The van der Waals surface area contributed by atoms with Crippen molar-refractivity contribution in [3.63, 3.8) is 0 Å². The number of carbonyl (C=O) groups excluding carboxylic acids is 1. The average Bonchev–Trinajstić information content (AvgIpc) is 2.66. The lowest BCUT2D eigenvalue weighted by molar-refractivity contribution is -0.139. The second-order valence-electron chi connectivity index (χ2n) is 5.39. The molecule has 2 bridgehead atoms. The molecule has 0 aromatic heterocycles. The first kappa shape index (κ1) is 10.3. The van der Waals surface area contributed by atoms with Crippen LogP contribution in [0.25, 0.3) is 0 Å². The monoisotopic (exact) mass is 220 g/mol. The highest BCUT2D eigenvalue weighted by molar-refractivity contribution is 5.80. The summed E-state index contributed by atoms with van der Waals surface area (Å²) in [4.78, 5) is 14.6. The van der Waals surface area contributed by atoms with Crippen LogP contribution >= 0.6 is 0 Å². The van der Waals surface area contributed by atoms with Crippen molar-refractivity contribution in [2.75, 3.05) is 19.6 Å². The van der Waals surface area contributed by atoms with Crippen molar-refractivity contribution < 1.29 is 4.79 Å². The van der Waals surface area contributed by atoms with Gasteiger partial charge in [-0.2, -0.15) is 0 Å². The van der Waals surface area contributed by atoms with Crippen molar-refractivity contribution >= 4 is 5.91 Å². The smallest absolute Gasteiger partial charge is 0.226 e. The Labute approximate surface area is 96.9 Å². The molecule has 3 saturated heterocycles. The third-order valence-corrected chi connectivity index (χ3v) is 4.26. The van der Waals surface area contributed by atoms with E-state index >= 15 is 0 Å². The molecule has 3 aliphatic heterocycles. The van der Waals surface area contributed by atoms with Gasteiger partial charge in [0, 0.05) is 25.0 Å². The third-order valence-electron chi connectivity index (χ3n) is 4.26. The lowest BCUT2D eigenvalue weighted by Gasteiger charge is -2.37. The topological polar surface area (TPSA) is 32.3 Å². The molecule has 0 aromatic carbocycles. The van der Waals surface area contributed by atoms with E-state index in [0.29, 0.717) is 17.9 Å². The van der Waals surface area contributed by atoms with E-state index in [1.54, 1.807) is 0 Å². The number of allylic oxidation sites excluding steroid dienone is 2. The Balaban J connectivity index is 1.71. The lowest BCUT2D eigenvalue weighted by Crippen LogP contribution is -2.49. The van der Waals surface area contributed by atoms with Crippen LogP contribution in [0.3, 0.4) is 0 Å². The number of hydrogen-bond acceptors (Lipinski definition) is 2. The van der Waals surface area contributed by atoms with E-state index in [1.807, 2.05) is 0 Å². The second kappa shape index (κ2) is 4.21. The number of rotatable bonds is 1. The van der Waals surface area contributed by atoms with Crippen LogP contribution in [0.4, 0.5) is 0 Å². The molecule has 3 heteroatoms. The molecule has 0 spiro atoms. The molecule has 4 aliphatic rings. The number of carbonyl (C=O) groups is 1. The van der Waals surface area contributed by atoms with Gasteiger partial charge in [-0.3, -0.25) is 4.79 Å². The van der Waals surface area contributed by atoms with Gasteiger partial charge in [-0.25, -0.2) is 0 Å². The summed E-state index contributed by atoms with van der Waals surface area (Å²) in [5.74, 6) is 1.35. The summed E-state index contributed by atoms with van der Waals surface area (Å²) < 4.78 is 0. The van der Waals surface area contributed by atoms with Gasteiger partial charge in [0.1, 0.15) is 0 Å². The van der Waals surface area contributed by atoms with Gasteiger partial charge in [-0.1, -0.05) is 12.2 Å². The fourth-order valence-electron chi connectivity index (χ4n) is 3.26. The number of piperidine rings is 1. The molecule has 0 radical (unpaired) electrons. The van der Waals surface area contributed by atoms with Crippen molar-refractivity contribution in [3.05, 3.63) is 12.2 Å². The zero-order valence-corrected chi connectivity index (χ0v) is 9.69. The van der Waals surface area contributed by atoms with E-state index < -0.39 is 0 Å². The van der Waals surface area contributed by atoms with Crippen molar-refractivity contribution in [2.24, 2.45) is 11.8 Å². The van der Waals surface area contributed by atoms with Crippen LogP contribution in [-0.2, 0) is 4.79 Å². The first-order valence-corrected chi connectivity index (χ1v) is 6.51. The Hall–Kier alpha value is -0.830. The minimum atomic E-state index is 0.249. The number of fused-ring (bicyclic) bond motifs is 4. The molecular formula is C13H20N2O. The molecule has 3 fully saturated rings. The van der Waals surface area contributed by atoms with Crippen LogP contribution in [0.15, 0.2) is 12.2 Å². The van der Waals surface area contributed by atoms with Crippen LogP contribution in [0.2, 0.25) is 0 Å². The molecule has 1 aliphatic carbocycles. The van der Waals surface area contributed by atoms with Crippen molar-refractivity contribution in [2.45, 2.75) is 31.7 Å². The quantitative estimate of drug-likeness (QED) is 0.673. The average molecular weight is 220 g/mol. The number of nitrogens with zero attached hydrogens (tertiary/aromatic N) is 1. The van der Waals surface area contributed by atoms with E-state index in [4.69, 9.17) is 0 Å². The lowest BCUT2D eigenvalue weighted by atomic mass is 9.93. The first-order valence-electron chi connectivity index (χ1n) is 6.51. The molecule has 2 unspecified atom stereocenters. The maximum absolute atomic E-state index is 12.4. The van der Waals surface area contributed by atoms with E-state index in [0.717, 1.165) is 32.5 Å². The summed E-state index contributed by atoms with van der Waals surface area (Å²) in [7, 11) is 0. The zero-order valence-electron chi connectivity index (χ0n) is 9.69. The fraction of sp³-hybridized carbons (Fsp3) is 0.769. The Bertz CT molecular complexity index is 301. The summed E-state index contributed by atoms with van der Waals surface area (Å²) in [6.07, 6.45) is 8.71. The summed E-state index contributed by atoms with van der Waals surface area (Å²) in [5.41, 5.74) is 0. The largest absolute Gasteiger partial charge is 0.338 e. The molecule has 1 amide bonds. The van der Waals surface area contributed by atoms with Crippen LogP contribution < -0.4 is 5.32 Å². The van der Waals surface area contributed by atoms with Crippen LogP contribution in [0.5, 0.6) is 0 Å². The van der Waals surface area contributed by atoms with E-state index in [-0.39, 0.29) is 5.92 Å². The highest BCUT2D eigenvalue weighted by Crippen LogP contribution is 2.28. The maximum atomic E-state index is 12.4. The highest BCUT2D eigenvalue weighted by Gasteiger charge is 2.36. The summed E-state index contributed by atoms with van der Waals surface area (Å²) >= 11 is 0. The van der Waals surface area contributed by atoms with Gasteiger partial charge in [0.15, 0.2) is 0 Å². The number of amides is 1. The molecule has 0 aromatic rings. The van der Waals surface area contributed by atoms with Gasteiger partial charge < -0.3 is 10.2 Å². The summed E-state index contributed by atoms with van der Waals surface area (Å²) in [5, 5.41) is 3.48. The molecule has 16 heavy (non-hydrogen) atoms. The Morgan fingerprint density at radius 3 is 2.81 bits per heavy atom. The van der Waals surface area contributed by atoms with Crippen molar-refractivity contribution in [3.8, 4) is 0 Å². The second-order valence-corrected chi connectivity index (χ2v) is 5.39. The minimum absolute atomic E-state index is 0.249. The summed E-state index contributed by atoms with van der Waals surface area (Å²) in [6.45, 7) is 3.10. The molecule has 2 atom stereocenters. The molecule has 88 valence electrons. The van der Waals surface area contributed by atoms with Crippen LogP contribution in [0, 0.1) is 11.8 Å². The predicted octanol–water partition coefficient (Wildman–Crippen LogP) is 1.16. The molecule has 4 rings (SSSR count).